The topological polar surface area (TPSA) is 49.1 Å². The maximum absolute atomic E-state index is 13.8. The predicted molar refractivity (Wildman–Crippen MR) is 73.2 cm³/mol. The van der Waals surface area contributed by atoms with Crippen LogP contribution in [0.2, 0.25) is 0 Å². The Hall–Kier alpha value is -1.95. The van der Waals surface area contributed by atoms with Crippen molar-refractivity contribution in [3.8, 4) is 0 Å². The minimum absolute atomic E-state index is 0.0586. The second-order valence-electron chi connectivity index (χ2n) is 4.67. The maximum atomic E-state index is 13.8. The van der Waals surface area contributed by atoms with E-state index < -0.39 is 6.17 Å². The minimum atomic E-state index is -1.26. The Balaban J connectivity index is 1.82. The van der Waals surface area contributed by atoms with Gasteiger partial charge in [-0.3, -0.25) is 4.57 Å². The quantitative estimate of drug-likeness (QED) is 0.804. The molecule has 0 radical (unpaired) electrons. The standard InChI is InChI=1S/C14H18FN3O2/c1-11-16-18(14(19)17(11)2)8-13(15)10-20-9-12-6-4-3-5-7-12/h3-7,13H,8-10H2,1-2H3/t13-/m1/s1. The fraction of sp³-hybridized carbons (Fsp3) is 0.429. The van der Waals surface area contributed by atoms with Crippen molar-refractivity contribution in [2.75, 3.05) is 6.61 Å². The summed E-state index contributed by atoms with van der Waals surface area (Å²) < 4.78 is 21.6. The molecule has 0 spiro atoms. The van der Waals surface area contributed by atoms with Crippen molar-refractivity contribution in [1.82, 2.24) is 14.3 Å². The number of aryl methyl sites for hydroxylation is 1. The summed E-state index contributed by atoms with van der Waals surface area (Å²) in [6.07, 6.45) is -1.26. The smallest absolute Gasteiger partial charge is 0.345 e. The lowest BCUT2D eigenvalue weighted by molar-refractivity contribution is 0.0611. The van der Waals surface area contributed by atoms with Crippen LogP contribution < -0.4 is 5.69 Å². The second-order valence-corrected chi connectivity index (χ2v) is 4.67. The van der Waals surface area contributed by atoms with Crippen molar-refractivity contribution in [2.24, 2.45) is 7.05 Å². The summed E-state index contributed by atoms with van der Waals surface area (Å²) in [6.45, 7) is 1.92. The average molecular weight is 279 g/mol. The Bertz CT molecular complexity index is 607. The van der Waals surface area contributed by atoms with Crippen molar-refractivity contribution < 1.29 is 9.13 Å². The second kappa shape index (κ2) is 6.47. The summed E-state index contributed by atoms with van der Waals surface area (Å²) in [5.74, 6) is 0.562. The molecule has 1 aromatic heterocycles. The lowest BCUT2D eigenvalue weighted by Gasteiger charge is -2.08. The number of rotatable bonds is 6. The highest BCUT2D eigenvalue weighted by Gasteiger charge is 2.13. The molecule has 6 heteroatoms. The minimum Gasteiger partial charge on any atom is -0.374 e. The summed E-state index contributed by atoms with van der Waals surface area (Å²) in [5.41, 5.74) is 0.679. The molecule has 0 saturated heterocycles. The van der Waals surface area contributed by atoms with Gasteiger partial charge < -0.3 is 4.74 Å². The Morgan fingerprint density at radius 2 is 2.05 bits per heavy atom. The largest absolute Gasteiger partial charge is 0.374 e. The summed E-state index contributed by atoms with van der Waals surface area (Å²) in [6, 6.07) is 9.56. The third-order valence-electron chi connectivity index (χ3n) is 3.04. The van der Waals surface area contributed by atoms with Crippen LogP contribution in [-0.2, 0) is 24.9 Å². The average Bonchev–Trinajstić information content (AvgIpc) is 2.67. The number of ether oxygens (including phenoxy) is 1. The Morgan fingerprint density at radius 1 is 1.35 bits per heavy atom. The van der Waals surface area contributed by atoms with E-state index in [1.807, 2.05) is 30.3 Å². The van der Waals surface area contributed by atoms with Crippen molar-refractivity contribution in [3.05, 3.63) is 52.2 Å². The number of halogens is 1. The van der Waals surface area contributed by atoms with Crippen molar-refractivity contribution in [1.29, 1.82) is 0 Å². The predicted octanol–water partition coefficient (Wildman–Crippen LogP) is 1.45. The van der Waals surface area contributed by atoms with Gasteiger partial charge in [-0.1, -0.05) is 30.3 Å². The zero-order valence-corrected chi connectivity index (χ0v) is 11.6. The molecule has 20 heavy (non-hydrogen) atoms. The molecule has 0 fully saturated rings. The van der Waals surface area contributed by atoms with Crippen LogP contribution in [0, 0.1) is 6.92 Å². The van der Waals surface area contributed by atoms with Gasteiger partial charge in [0.2, 0.25) is 0 Å². The van der Waals surface area contributed by atoms with E-state index >= 15 is 0 Å². The van der Waals surface area contributed by atoms with E-state index in [2.05, 4.69) is 5.10 Å². The van der Waals surface area contributed by atoms with Crippen LogP contribution >= 0.6 is 0 Å². The van der Waals surface area contributed by atoms with E-state index in [9.17, 15) is 9.18 Å². The van der Waals surface area contributed by atoms with Gasteiger partial charge in [-0.05, 0) is 12.5 Å². The number of benzene rings is 1. The van der Waals surface area contributed by atoms with Crippen LogP contribution in [0.15, 0.2) is 35.1 Å². The van der Waals surface area contributed by atoms with E-state index in [1.165, 1.54) is 4.57 Å². The van der Waals surface area contributed by atoms with E-state index in [0.29, 0.717) is 12.4 Å². The van der Waals surface area contributed by atoms with E-state index in [0.717, 1.165) is 10.2 Å². The number of nitrogens with zero attached hydrogens (tertiary/aromatic N) is 3. The third kappa shape index (κ3) is 3.54. The first kappa shape index (κ1) is 14.5. The Kier molecular flexibility index (Phi) is 4.68. The molecule has 2 aromatic rings. The molecule has 0 amide bonds. The van der Waals surface area contributed by atoms with Gasteiger partial charge in [0.05, 0.1) is 19.8 Å². The Labute approximate surface area is 116 Å². The highest BCUT2D eigenvalue weighted by atomic mass is 19.1. The third-order valence-corrected chi connectivity index (χ3v) is 3.04. The SMILES string of the molecule is Cc1nn(C[C@@H](F)COCc2ccccc2)c(=O)n1C. The molecule has 0 aliphatic rings. The molecule has 0 saturated carbocycles. The molecular formula is C14H18FN3O2. The van der Waals surface area contributed by atoms with Crippen LogP contribution in [0.3, 0.4) is 0 Å². The lowest BCUT2D eigenvalue weighted by atomic mass is 10.2. The summed E-state index contributed by atoms with van der Waals surface area (Å²) >= 11 is 0. The lowest BCUT2D eigenvalue weighted by Crippen LogP contribution is -2.28. The number of hydrogen-bond acceptors (Lipinski definition) is 3. The zero-order chi connectivity index (χ0) is 14.5. The molecule has 2 rings (SSSR count). The summed E-state index contributed by atoms with van der Waals surface area (Å²) in [7, 11) is 1.61. The first-order valence-electron chi connectivity index (χ1n) is 6.44. The van der Waals surface area contributed by atoms with Gasteiger partial charge >= 0.3 is 5.69 Å². The summed E-state index contributed by atoms with van der Waals surface area (Å²) in [5, 5.41) is 3.99. The monoisotopic (exact) mass is 279 g/mol. The molecule has 0 bridgehead atoms. The van der Waals surface area contributed by atoms with Crippen LogP contribution in [0.25, 0.3) is 0 Å². The van der Waals surface area contributed by atoms with Gasteiger partial charge in [0.1, 0.15) is 12.0 Å². The normalized spacial score (nSPS) is 12.6. The number of hydrogen-bond donors (Lipinski definition) is 0. The van der Waals surface area contributed by atoms with Crippen molar-refractivity contribution in [3.63, 3.8) is 0 Å². The number of aromatic nitrogens is 3. The fourth-order valence-electron chi connectivity index (χ4n) is 1.83. The van der Waals surface area contributed by atoms with Crippen molar-refractivity contribution >= 4 is 0 Å². The van der Waals surface area contributed by atoms with Gasteiger partial charge in [0.25, 0.3) is 0 Å². The van der Waals surface area contributed by atoms with Gasteiger partial charge in [0, 0.05) is 7.05 Å². The zero-order valence-electron chi connectivity index (χ0n) is 11.6. The molecule has 0 N–H and O–H groups in total. The molecular weight excluding hydrogens is 261 g/mol. The van der Waals surface area contributed by atoms with Gasteiger partial charge in [-0.25, -0.2) is 13.9 Å². The molecule has 108 valence electrons. The van der Waals surface area contributed by atoms with Crippen LogP contribution in [0.1, 0.15) is 11.4 Å². The summed E-state index contributed by atoms with van der Waals surface area (Å²) in [4.78, 5) is 11.7. The Morgan fingerprint density at radius 3 is 2.65 bits per heavy atom. The molecule has 0 aliphatic carbocycles. The molecule has 5 nitrogen and oxygen atoms in total. The maximum Gasteiger partial charge on any atom is 0.345 e. The highest BCUT2D eigenvalue weighted by molar-refractivity contribution is 5.13. The molecule has 1 heterocycles. The molecule has 1 atom stereocenters. The first-order valence-corrected chi connectivity index (χ1v) is 6.44. The number of alkyl halides is 1. The van der Waals surface area contributed by atoms with Crippen LogP contribution in [0.5, 0.6) is 0 Å². The highest BCUT2D eigenvalue weighted by Crippen LogP contribution is 2.03. The molecule has 0 aliphatic heterocycles. The van der Waals surface area contributed by atoms with E-state index in [1.54, 1.807) is 14.0 Å². The van der Waals surface area contributed by atoms with Gasteiger partial charge in [0.15, 0.2) is 0 Å². The first-order chi connectivity index (χ1) is 9.58. The molecule has 0 unspecified atom stereocenters. The van der Waals surface area contributed by atoms with Crippen LogP contribution in [0.4, 0.5) is 4.39 Å². The van der Waals surface area contributed by atoms with E-state index in [4.69, 9.17) is 4.74 Å². The van der Waals surface area contributed by atoms with E-state index in [-0.39, 0.29) is 18.8 Å². The van der Waals surface area contributed by atoms with Crippen LogP contribution in [-0.4, -0.2) is 27.1 Å². The van der Waals surface area contributed by atoms with Gasteiger partial charge in [-0.2, -0.15) is 5.10 Å². The molecule has 1 aromatic carbocycles. The fourth-order valence-corrected chi connectivity index (χ4v) is 1.83. The van der Waals surface area contributed by atoms with Gasteiger partial charge in [-0.15, -0.1) is 0 Å². The van der Waals surface area contributed by atoms with Crippen molar-refractivity contribution in [2.45, 2.75) is 26.2 Å².